The molecule has 1 aliphatic heterocycles. The Morgan fingerprint density at radius 1 is 1.12 bits per heavy atom. The molecule has 26 heavy (non-hydrogen) atoms. The number of fused-ring (bicyclic) bond motifs is 1. The summed E-state index contributed by atoms with van der Waals surface area (Å²) in [6, 6.07) is 14.0. The van der Waals surface area contributed by atoms with E-state index in [2.05, 4.69) is 20.9 Å². The molecule has 1 fully saturated rings. The lowest BCUT2D eigenvalue weighted by atomic mass is 9.97. The van der Waals surface area contributed by atoms with E-state index in [0.29, 0.717) is 16.6 Å². The number of nitriles is 1. The molecule has 0 N–H and O–H groups in total. The maximum atomic E-state index is 9.32. The molecule has 0 aliphatic carbocycles. The van der Waals surface area contributed by atoms with Crippen LogP contribution in [0.2, 0.25) is 10.0 Å². The van der Waals surface area contributed by atoms with Gasteiger partial charge in [-0.15, -0.1) is 0 Å². The molecule has 0 spiro atoms. The lowest BCUT2D eigenvalue weighted by molar-refractivity contribution is 0.491. The first-order valence-electron chi connectivity index (χ1n) is 8.51. The minimum atomic E-state index is 0.0332. The summed E-state index contributed by atoms with van der Waals surface area (Å²) in [5.41, 5.74) is 2.85. The molecule has 0 bridgehead atoms. The Labute approximate surface area is 162 Å². The quantitative estimate of drug-likeness (QED) is 0.599. The van der Waals surface area contributed by atoms with Gasteiger partial charge in [0.25, 0.3) is 0 Å². The molecule has 0 saturated carbocycles. The first kappa shape index (κ1) is 17.1. The Hall–Kier alpha value is -2.35. The summed E-state index contributed by atoms with van der Waals surface area (Å²) in [6.45, 7) is 1.58. The predicted octanol–water partition coefficient (Wildman–Crippen LogP) is 5.34. The van der Waals surface area contributed by atoms with Gasteiger partial charge in [-0.25, -0.2) is 9.97 Å². The van der Waals surface area contributed by atoms with Gasteiger partial charge in [-0.1, -0.05) is 41.4 Å². The van der Waals surface area contributed by atoms with Crippen molar-refractivity contribution in [3.63, 3.8) is 0 Å². The predicted molar refractivity (Wildman–Crippen MR) is 106 cm³/mol. The van der Waals surface area contributed by atoms with Gasteiger partial charge in [-0.05, 0) is 42.2 Å². The third kappa shape index (κ3) is 3.09. The van der Waals surface area contributed by atoms with Gasteiger partial charge < -0.3 is 4.90 Å². The van der Waals surface area contributed by atoms with Crippen molar-refractivity contribution in [2.75, 3.05) is 18.0 Å². The second-order valence-corrected chi connectivity index (χ2v) is 7.25. The second-order valence-electron chi connectivity index (χ2n) is 6.44. The highest BCUT2D eigenvalue weighted by Crippen LogP contribution is 2.37. The molecule has 1 aromatic heterocycles. The number of anilines is 1. The molecular weight excluding hydrogens is 367 g/mol. The topological polar surface area (TPSA) is 52.8 Å². The molecule has 4 rings (SSSR count). The van der Waals surface area contributed by atoms with Crippen molar-refractivity contribution in [2.45, 2.75) is 12.8 Å². The molecule has 1 aliphatic rings. The van der Waals surface area contributed by atoms with Crippen LogP contribution in [0.4, 0.5) is 5.82 Å². The number of piperidine rings is 1. The molecule has 2 heterocycles. The molecule has 0 amide bonds. The van der Waals surface area contributed by atoms with Crippen molar-refractivity contribution in [3.05, 3.63) is 52.8 Å². The summed E-state index contributed by atoms with van der Waals surface area (Å²) in [5.74, 6) is 0.905. The largest absolute Gasteiger partial charge is 0.355 e. The summed E-state index contributed by atoms with van der Waals surface area (Å²) < 4.78 is 0. The molecule has 130 valence electrons. The van der Waals surface area contributed by atoms with Gasteiger partial charge in [0.1, 0.15) is 12.1 Å². The molecule has 3 aromatic rings. The Balaban J connectivity index is 1.89. The lowest BCUT2D eigenvalue weighted by Gasteiger charge is -2.31. The van der Waals surface area contributed by atoms with Crippen LogP contribution in [-0.4, -0.2) is 23.1 Å². The SMILES string of the molecule is N#CC1CCCN(c2ncnc3cccc(-c4ccc(Cl)c(Cl)c4)c23)C1. The number of benzene rings is 2. The van der Waals surface area contributed by atoms with Crippen LogP contribution in [0.1, 0.15) is 12.8 Å². The fourth-order valence-electron chi connectivity index (χ4n) is 3.51. The van der Waals surface area contributed by atoms with Crippen LogP contribution >= 0.6 is 23.2 Å². The zero-order valence-corrected chi connectivity index (χ0v) is 15.5. The first-order valence-corrected chi connectivity index (χ1v) is 9.26. The third-order valence-electron chi connectivity index (χ3n) is 4.78. The van der Waals surface area contributed by atoms with E-state index < -0.39 is 0 Å². The van der Waals surface area contributed by atoms with Crippen LogP contribution in [0.25, 0.3) is 22.0 Å². The molecule has 2 aromatic carbocycles. The highest BCUT2D eigenvalue weighted by Gasteiger charge is 2.23. The standard InChI is InChI=1S/C20H16Cl2N4/c21-16-7-6-14(9-17(16)22)15-4-1-5-18-19(15)20(25-12-24-18)26-8-2-3-13(10-23)11-26/h1,4-7,9,12-13H,2-3,8,11H2. The highest BCUT2D eigenvalue weighted by molar-refractivity contribution is 6.42. The van der Waals surface area contributed by atoms with Crippen molar-refractivity contribution >= 4 is 39.9 Å². The van der Waals surface area contributed by atoms with E-state index in [0.717, 1.165) is 47.2 Å². The Morgan fingerprint density at radius 3 is 2.81 bits per heavy atom. The van der Waals surface area contributed by atoms with Crippen LogP contribution in [0.5, 0.6) is 0 Å². The smallest absolute Gasteiger partial charge is 0.140 e. The minimum absolute atomic E-state index is 0.0332. The third-order valence-corrected chi connectivity index (χ3v) is 5.52. The maximum absolute atomic E-state index is 9.32. The van der Waals surface area contributed by atoms with E-state index in [-0.39, 0.29) is 5.92 Å². The van der Waals surface area contributed by atoms with Crippen molar-refractivity contribution in [3.8, 4) is 17.2 Å². The average Bonchev–Trinajstić information content (AvgIpc) is 2.69. The van der Waals surface area contributed by atoms with E-state index >= 15 is 0 Å². The first-order chi connectivity index (χ1) is 12.7. The molecule has 0 radical (unpaired) electrons. The van der Waals surface area contributed by atoms with Gasteiger partial charge in [0.15, 0.2) is 0 Å². The van der Waals surface area contributed by atoms with Crippen LogP contribution in [0, 0.1) is 17.2 Å². The molecule has 1 unspecified atom stereocenters. The highest BCUT2D eigenvalue weighted by atomic mass is 35.5. The number of halogens is 2. The van der Waals surface area contributed by atoms with Crippen LogP contribution in [0.3, 0.4) is 0 Å². The molecule has 6 heteroatoms. The fraction of sp³-hybridized carbons (Fsp3) is 0.250. The van der Waals surface area contributed by atoms with Gasteiger partial charge in [0.05, 0.1) is 32.9 Å². The number of aromatic nitrogens is 2. The monoisotopic (exact) mass is 382 g/mol. The van der Waals surface area contributed by atoms with Crippen LogP contribution < -0.4 is 4.90 Å². The average molecular weight is 383 g/mol. The van der Waals surface area contributed by atoms with Crippen LogP contribution in [0.15, 0.2) is 42.7 Å². The van der Waals surface area contributed by atoms with Gasteiger partial charge in [0, 0.05) is 13.1 Å². The zero-order valence-electron chi connectivity index (χ0n) is 14.0. The number of nitrogens with zero attached hydrogens (tertiary/aromatic N) is 4. The van der Waals surface area contributed by atoms with E-state index in [1.807, 2.05) is 30.3 Å². The summed E-state index contributed by atoms with van der Waals surface area (Å²) in [4.78, 5) is 11.2. The Bertz CT molecular complexity index is 1010. The summed E-state index contributed by atoms with van der Waals surface area (Å²) >= 11 is 12.3. The van der Waals surface area contributed by atoms with E-state index in [9.17, 15) is 5.26 Å². The summed E-state index contributed by atoms with van der Waals surface area (Å²) in [6.07, 6.45) is 3.51. The minimum Gasteiger partial charge on any atom is -0.355 e. The molecule has 1 atom stereocenters. The number of hydrogen-bond acceptors (Lipinski definition) is 4. The van der Waals surface area contributed by atoms with Crippen LogP contribution in [-0.2, 0) is 0 Å². The van der Waals surface area contributed by atoms with Crippen molar-refractivity contribution in [1.29, 1.82) is 5.26 Å². The van der Waals surface area contributed by atoms with Crippen molar-refractivity contribution < 1.29 is 0 Å². The zero-order chi connectivity index (χ0) is 18.1. The maximum Gasteiger partial charge on any atom is 0.140 e. The fourth-order valence-corrected chi connectivity index (χ4v) is 3.81. The van der Waals surface area contributed by atoms with E-state index in [1.165, 1.54) is 0 Å². The van der Waals surface area contributed by atoms with Gasteiger partial charge in [0.2, 0.25) is 0 Å². The van der Waals surface area contributed by atoms with Crippen molar-refractivity contribution in [1.82, 2.24) is 9.97 Å². The van der Waals surface area contributed by atoms with Crippen molar-refractivity contribution in [2.24, 2.45) is 5.92 Å². The van der Waals surface area contributed by atoms with Gasteiger partial charge in [-0.2, -0.15) is 5.26 Å². The normalized spacial score (nSPS) is 17.3. The lowest BCUT2D eigenvalue weighted by Crippen LogP contribution is -2.35. The Kier molecular flexibility index (Phi) is 4.67. The van der Waals surface area contributed by atoms with Gasteiger partial charge >= 0.3 is 0 Å². The molecule has 4 nitrogen and oxygen atoms in total. The molecule has 1 saturated heterocycles. The van der Waals surface area contributed by atoms with Gasteiger partial charge in [-0.3, -0.25) is 0 Å². The van der Waals surface area contributed by atoms with E-state index in [1.54, 1.807) is 12.4 Å². The number of rotatable bonds is 2. The number of hydrogen-bond donors (Lipinski definition) is 0. The summed E-state index contributed by atoms with van der Waals surface area (Å²) in [5, 5.41) is 11.3. The Morgan fingerprint density at radius 2 is 2.00 bits per heavy atom. The molecular formula is C20H16Cl2N4. The second kappa shape index (κ2) is 7.11. The van der Waals surface area contributed by atoms with E-state index in [4.69, 9.17) is 23.2 Å². The summed E-state index contributed by atoms with van der Waals surface area (Å²) in [7, 11) is 0.